The molecular weight excluding hydrogens is 268 g/mol. The Hall–Kier alpha value is -2.82. The second kappa shape index (κ2) is 5.28. The van der Waals surface area contributed by atoms with Gasteiger partial charge < -0.3 is 15.1 Å². The fourth-order valence-electron chi connectivity index (χ4n) is 2.45. The Labute approximate surface area is 121 Å². The van der Waals surface area contributed by atoms with E-state index in [1.807, 2.05) is 30.3 Å². The first-order valence-electron chi connectivity index (χ1n) is 6.58. The highest BCUT2D eigenvalue weighted by Crippen LogP contribution is 2.31. The van der Waals surface area contributed by atoms with Gasteiger partial charge in [-0.1, -0.05) is 30.3 Å². The van der Waals surface area contributed by atoms with E-state index >= 15 is 0 Å². The summed E-state index contributed by atoms with van der Waals surface area (Å²) in [4.78, 5) is 24.0. The maximum atomic E-state index is 12.1. The smallest absolute Gasteiger partial charge is 0.320 e. The van der Waals surface area contributed by atoms with Crippen LogP contribution in [0.4, 0.5) is 4.79 Å². The molecule has 0 saturated heterocycles. The second-order valence-corrected chi connectivity index (χ2v) is 4.76. The molecule has 1 aliphatic heterocycles. The SMILES string of the molecule is CC(=O)C1=C(c2ccccc2)NC(=O)NC1c1ccco1. The van der Waals surface area contributed by atoms with Crippen LogP contribution in [0.5, 0.6) is 0 Å². The first kappa shape index (κ1) is 13.2. The molecule has 1 aromatic heterocycles. The lowest BCUT2D eigenvalue weighted by atomic mass is 9.94. The van der Waals surface area contributed by atoms with Crippen LogP contribution in [-0.2, 0) is 4.79 Å². The van der Waals surface area contributed by atoms with E-state index in [9.17, 15) is 9.59 Å². The Morgan fingerprint density at radius 3 is 2.52 bits per heavy atom. The Kier molecular flexibility index (Phi) is 3.31. The summed E-state index contributed by atoms with van der Waals surface area (Å²) >= 11 is 0. The van der Waals surface area contributed by atoms with Crippen molar-refractivity contribution < 1.29 is 14.0 Å². The van der Waals surface area contributed by atoms with Crippen molar-refractivity contribution in [2.45, 2.75) is 13.0 Å². The van der Waals surface area contributed by atoms with E-state index in [4.69, 9.17) is 4.42 Å². The van der Waals surface area contributed by atoms with Crippen LogP contribution in [0.15, 0.2) is 58.7 Å². The monoisotopic (exact) mass is 282 g/mol. The molecule has 5 nitrogen and oxygen atoms in total. The van der Waals surface area contributed by atoms with Crippen LogP contribution in [0, 0.1) is 0 Å². The predicted octanol–water partition coefficient (Wildman–Crippen LogP) is 2.63. The molecule has 1 aliphatic rings. The number of furan rings is 1. The molecule has 1 atom stereocenters. The molecule has 2 aromatic rings. The van der Waals surface area contributed by atoms with Crippen molar-refractivity contribution in [1.82, 2.24) is 10.6 Å². The molecule has 0 aliphatic carbocycles. The van der Waals surface area contributed by atoms with Crippen LogP contribution in [0.3, 0.4) is 0 Å². The van der Waals surface area contributed by atoms with Gasteiger partial charge in [-0.05, 0) is 24.6 Å². The van der Waals surface area contributed by atoms with E-state index in [1.165, 1.54) is 13.2 Å². The summed E-state index contributed by atoms with van der Waals surface area (Å²) in [5, 5.41) is 5.45. The van der Waals surface area contributed by atoms with Crippen molar-refractivity contribution in [2.75, 3.05) is 0 Å². The number of rotatable bonds is 3. The van der Waals surface area contributed by atoms with Crippen molar-refractivity contribution in [2.24, 2.45) is 0 Å². The summed E-state index contributed by atoms with van der Waals surface area (Å²) in [6.07, 6.45) is 1.52. The molecule has 106 valence electrons. The Balaban J connectivity index is 2.17. The van der Waals surface area contributed by atoms with Gasteiger partial charge in [0.15, 0.2) is 5.78 Å². The van der Waals surface area contributed by atoms with Crippen LogP contribution in [-0.4, -0.2) is 11.8 Å². The van der Waals surface area contributed by atoms with Gasteiger partial charge >= 0.3 is 6.03 Å². The second-order valence-electron chi connectivity index (χ2n) is 4.76. The fraction of sp³-hybridized carbons (Fsp3) is 0.125. The number of hydrogen-bond donors (Lipinski definition) is 2. The lowest BCUT2D eigenvalue weighted by Crippen LogP contribution is -2.44. The highest BCUT2D eigenvalue weighted by Gasteiger charge is 2.32. The zero-order valence-corrected chi connectivity index (χ0v) is 11.4. The molecule has 0 bridgehead atoms. The zero-order valence-electron chi connectivity index (χ0n) is 11.4. The largest absolute Gasteiger partial charge is 0.467 e. The average Bonchev–Trinajstić information content (AvgIpc) is 3.01. The van der Waals surface area contributed by atoms with Crippen LogP contribution in [0.2, 0.25) is 0 Å². The van der Waals surface area contributed by atoms with E-state index in [-0.39, 0.29) is 11.8 Å². The first-order chi connectivity index (χ1) is 10.2. The van der Waals surface area contributed by atoms with Crippen molar-refractivity contribution >= 4 is 17.5 Å². The van der Waals surface area contributed by atoms with Gasteiger partial charge in [-0.15, -0.1) is 0 Å². The van der Waals surface area contributed by atoms with Gasteiger partial charge in [0.05, 0.1) is 12.0 Å². The molecule has 2 heterocycles. The number of Topliss-reactive ketones (excluding diaryl/α,β-unsaturated/α-hetero) is 1. The number of ketones is 1. The highest BCUT2D eigenvalue weighted by molar-refractivity contribution is 6.06. The maximum absolute atomic E-state index is 12.1. The summed E-state index contributed by atoms with van der Waals surface area (Å²) in [7, 11) is 0. The van der Waals surface area contributed by atoms with E-state index in [1.54, 1.807) is 12.1 Å². The summed E-state index contributed by atoms with van der Waals surface area (Å²) in [5.74, 6) is 0.409. The Morgan fingerprint density at radius 1 is 1.14 bits per heavy atom. The topological polar surface area (TPSA) is 71.3 Å². The van der Waals surface area contributed by atoms with Gasteiger partial charge in [-0.25, -0.2) is 4.79 Å². The quantitative estimate of drug-likeness (QED) is 0.909. The third-order valence-corrected chi connectivity index (χ3v) is 3.34. The summed E-state index contributed by atoms with van der Waals surface area (Å²) in [6, 6.07) is 11.8. The molecule has 2 N–H and O–H groups in total. The molecule has 0 saturated carbocycles. The van der Waals surface area contributed by atoms with Gasteiger partial charge in [0.1, 0.15) is 11.8 Å². The number of benzene rings is 1. The number of urea groups is 1. The molecule has 5 heteroatoms. The molecule has 1 unspecified atom stereocenters. The third-order valence-electron chi connectivity index (χ3n) is 3.34. The van der Waals surface area contributed by atoms with Gasteiger partial charge in [0.2, 0.25) is 0 Å². The molecule has 0 fully saturated rings. The van der Waals surface area contributed by atoms with Crippen molar-refractivity contribution in [3.63, 3.8) is 0 Å². The third kappa shape index (κ3) is 2.45. The first-order valence-corrected chi connectivity index (χ1v) is 6.58. The molecule has 3 rings (SSSR count). The molecular formula is C16H14N2O3. The van der Waals surface area contributed by atoms with Crippen LogP contribution in [0.25, 0.3) is 5.70 Å². The Bertz CT molecular complexity index is 702. The number of amides is 2. The van der Waals surface area contributed by atoms with Crippen molar-refractivity contribution in [3.8, 4) is 0 Å². The highest BCUT2D eigenvalue weighted by atomic mass is 16.3. The lowest BCUT2D eigenvalue weighted by molar-refractivity contribution is -0.113. The predicted molar refractivity (Wildman–Crippen MR) is 77.2 cm³/mol. The van der Waals surface area contributed by atoms with Crippen LogP contribution >= 0.6 is 0 Å². The molecule has 0 spiro atoms. The van der Waals surface area contributed by atoms with Crippen molar-refractivity contribution in [3.05, 3.63) is 65.6 Å². The van der Waals surface area contributed by atoms with Gasteiger partial charge in [-0.3, -0.25) is 4.79 Å². The van der Waals surface area contributed by atoms with E-state index in [0.717, 1.165) is 5.56 Å². The molecule has 21 heavy (non-hydrogen) atoms. The van der Waals surface area contributed by atoms with E-state index in [0.29, 0.717) is 17.0 Å². The van der Waals surface area contributed by atoms with Crippen LogP contribution in [0.1, 0.15) is 24.3 Å². The maximum Gasteiger partial charge on any atom is 0.320 e. The zero-order chi connectivity index (χ0) is 14.8. The summed E-state index contributed by atoms with van der Waals surface area (Å²) in [6.45, 7) is 1.48. The minimum atomic E-state index is -0.582. The van der Waals surface area contributed by atoms with Gasteiger partial charge in [-0.2, -0.15) is 0 Å². The summed E-state index contributed by atoms with van der Waals surface area (Å²) in [5.41, 5.74) is 1.79. The fourth-order valence-corrected chi connectivity index (χ4v) is 2.45. The van der Waals surface area contributed by atoms with E-state index in [2.05, 4.69) is 10.6 Å². The Morgan fingerprint density at radius 2 is 1.90 bits per heavy atom. The molecule has 0 radical (unpaired) electrons. The van der Waals surface area contributed by atoms with Crippen LogP contribution < -0.4 is 10.6 Å². The molecule has 2 amide bonds. The average molecular weight is 282 g/mol. The van der Waals surface area contributed by atoms with E-state index < -0.39 is 6.04 Å². The number of hydrogen-bond acceptors (Lipinski definition) is 3. The van der Waals surface area contributed by atoms with Crippen molar-refractivity contribution in [1.29, 1.82) is 0 Å². The number of carbonyl (C=O) groups excluding carboxylic acids is 2. The number of carbonyl (C=O) groups is 2. The minimum absolute atomic E-state index is 0.122. The normalized spacial score (nSPS) is 18.1. The lowest BCUT2D eigenvalue weighted by Gasteiger charge is -2.27. The van der Waals surface area contributed by atoms with Gasteiger partial charge in [0, 0.05) is 5.57 Å². The number of nitrogens with one attached hydrogen (secondary N) is 2. The van der Waals surface area contributed by atoms with Gasteiger partial charge in [0.25, 0.3) is 0 Å². The molecule has 1 aromatic carbocycles. The minimum Gasteiger partial charge on any atom is -0.467 e. The standard InChI is InChI=1S/C16H14N2O3/c1-10(19)13-14(11-6-3-2-4-7-11)17-16(20)18-15(13)12-8-5-9-21-12/h2-9,15H,1H3,(H2,17,18,20). The summed E-state index contributed by atoms with van der Waals surface area (Å²) < 4.78 is 5.36.